The first-order chi connectivity index (χ1) is 9.74. The van der Waals surface area contributed by atoms with Crippen LogP contribution in [0, 0.1) is 6.92 Å². The molecule has 0 fully saturated rings. The van der Waals surface area contributed by atoms with Crippen molar-refractivity contribution in [2.24, 2.45) is 0 Å². The van der Waals surface area contributed by atoms with Crippen LogP contribution < -0.4 is 5.32 Å². The third kappa shape index (κ3) is 2.53. The Morgan fingerprint density at radius 1 is 0.800 bits per heavy atom. The van der Waals surface area contributed by atoms with Crippen molar-refractivity contribution in [2.75, 3.05) is 5.32 Å². The standard InChI is InChI=1S/C19H19N/c1-14-7-3-6-10-19(14)15(2)20-18-12-11-16-8-4-5-9-17(16)13-18/h3-13,15,20H,1-2H3. The van der Waals surface area contributed by atoms with Crippen molar-refractivity contribution in [1.82, 2.24) is 0 Å². The largest absolute Gasteiger partial charge is 0.378 e. The molecule has 0 amide bonds. The molecule has 3 aromatic carbocycles. The molecule has 0 radical (unpaired) electrons. The van der Waals surface area contributed by atoms with Crippen molar-refractivity contribution < 1.29 is 0 Å². The Hall–Kier alpha value is -2.28. The predicted molar refractivity (Wildman–Crippen MR) is 87.2 cm³/mol. The summed E-state index contributed by atoms with van der Waals surface area (Å²) < 4.78 is 0. The Kier molecular flexibility index (Phi) is 3.42. The lowest BCUT2D eigenvalue weighted by atomic mass is 10.0. The first-order valence-electron chi connectivity index (χ1n) is 7.05. The molecular formula is C19H19N. The van der Waals surface area contributed by atoms with E-state index >= 15 is 0 Å². The fraction of sp³-hybridized carbons (Fsp3) is 0.158. The number of anilines is 1. The summed E-state index contributed by atoms with van der Waals surface area (Å²) in [4.78, 5) is 0. The number of rotatable bonds is 3. The van der Waals surface area contributed by atoms with Gasteiger partial charge in [0.1, 0.15) is 0 Å². The van der Waals surface area contributed by atoms with E-state index in [4.69, 9.17) is 0 Å². The van der Waals surface area contributed by atoms with Crippen molar-refractivity contribution in [3.63, 3.8) is 0 Å². The summed E-state index contributed by atoms with van der Waals surface area (Å²) in [5.41, 5.74) is 3.84. The highest BCUT2D eigenvalue weighted by molar-refractivity contribution is 5.85. The van der Waals surface area contributed by atoms with E-state index < -0.39 is 0 Å². The van der Waals surface area contributed by atoms with E-state index in [1.807, 2.05) is 0 Å². The van der Waals surface area contributed by atoms with Crippen LogP contribution in [0.5, 0.6) is 0 Å². The van der Waals surface area contributed by atoms with Gasteiger partial charge in [0.2, 0.25) is 0 Å². The maximum Gasteiger partial charge on any atom is 0.0488 e. The van der Waals surface area contributed by atoms with Gasteiger partial charge in [0.25, 0.3) is 0 Å². The third-order valence-corrected chi connectivity index (χ3v) is 3.79. The average molecular weight is 261 g/mol. The highest BCUT2D eigenvalue weighted by Crippen LogP contribution is 2.24. The van der Waals surface area contributed by atoms with Gasteiger partial charge in [0.15, 0.2) is 0 Å². The van der Waals surface area contributed by atoms with Gasteiger partial charge in [-0.2, -0.15) is 0 Å². The molecule has 0 saturated heterocycles. The van der Waals surface area contributed by atoms with Crippen LogP contribution in [0.1, 0.15) is 24.1 Å². The van der Waals surface area contributed by atoms with Gasteiger partial charge in [0, 0.05) is 11.7 Å². The molecule has 0 aliphatic heterocycles. The molecule has 0 aliphatic rings. The SMILES string of the molecule is Cc1ccccc1C(C)Nc1ccc2ccccc2c1. The minimum absolute atomic E-state index is 0.303. The van der Waals surface area contributed by atoms with Gasteiger partial charge >= 0.3 is 0 Å². The van der Waals surface area contributed by atoms with E-state index in [-0.39, 0.29) is 0 Å². The molecule has 0 aromatic heterocycles. The molecule has 3 rings (SSSR count). The van der Waals surface area contributed by atoms with Gasteiger partial charge in [-0.1, -0.05) is 54.6 Å². The Bertz CT molecular complexity index is 730. The van der Waals surface area contributed by atoms with E-state index in [0.29, 0.717) is 6.04 Å². The van der Waals surface area contributed by atoms with Gasteiger partial charge in [-0.05, 0) is 47.9 Å². The van der Waals surface area contributed by atoms with E-state index in [1.165, 1.54) is 27.6 Å². The fourth-order valence-corrected chi connectivity index (χ4v) is 2.68. The molecule has 1 N–H and O–H groups in total. The quantitative estimate of drug-likeness (QED) is 0.672. The van der Waals surface area contributed by atoms with Crippen LogP contribution in [0.25, 0.3) is 10.8 Å². The smallest absolute Gasteiger partial charge is 0.0488 e. The lowest BCUT2D eigenvalue weighted by Crippen LogP contribution is -2.07. The normalized spacial score (nSPS) is 12.3. The highest BCUT2D eigenvalue weighted by atomic mass is 14.9. The molecule has 3 aromatic rings. The second-order valence-corrected chi connectivity index (χ2v) is 5.28. The van der Waals surface area contributed by atoms with Crippen molar-refractivity contribution >= 4 is 16.5 Å². The third-order valence-electron chi connectivity index (χ3n) is 3.79. The van der Waals surface area contributed by atoms with Crippen molar-refractivity contribution in [3.8, 4) is 0 Å². The van der Waals surface area contributed by atoms with Crippen LogP contribution >= 0.6 is 0 Å². The van der Waals surface area contributed by atoms with E-state index in [0.717, 1.165) is 0 Å². The Labute approximate surface area is 120 Å². The average Bonchev–Trinajstić information content (AvgIpc) is 2.47. The molecular weight excluding hydrogens is 242 g/mol. The second kappa shape index (κ2) is 5.38. The Morgan fingerprint density at radius 2 is 1.50 bits per heavy atom. The van der Waals surface area contributed by atoms with Gasteiger partial charge in [-0.15, -0.1) is 0 Å². The lowest BCUT2D eigenvalue weighted by molar-refractivity contribution is 0.875. The van der Waals surface area contributed by atoms with Gasteiger partial charge in [0.05, 0.1) is 0 Å². The molecule has 100 valence electrons. The van der Waals surface area contributed by atoms with Crippen LogP contribution in [-0.2, 0) is 0 Å². The molecule has 1 heteroatoms. The van der Waals surface area contributed by atoms with E-state index in [9.17, 15) is 0 Å². The number of hydrogen-bond acceptors (Lipinski definition) is 1. The summed E-state index contributed by atoms with van der Waals surface area (Å²) in [6.45, 7) is 4.37. The molecule has 0 heterocycles. The minimum atomic E-state index is 0.303. The van der Waals surface area contributed by atoms with Gasteiger partial charge < -0.3 is 5.32 Å². The first kappa shape index (κ1) is 12.7. The number of benzene rings is 3. The summed E-state index contributed by atoms with van der Waals surface area (Å²) in [7, 11) is 0. The monoisotopic (exact) mass is 261 g/mol. The van der Waals surface area contributed by atoms with Gasteiger partial charge in [-0.3, -0.25) is 0 Å². The molecule has 20 heavy (non-hydrogen) atoms. The molecule has 0 bridgehead atoms. The summed E-state index contributed by atoms with van der Waals surface area (Å²) >= 11 is 0. The van der Waals surface area contributed by atoms with Crippen LogP contribution in [0.4, 0.5) is 5.69 Å². The number of hydrogen-bond donors (Lipinski definition) is 1. The summed E-state index contributed by atoms with van der Waals surface area (Å²) in [6, 6.07) is 23.8. The second-order valence-electron chi connectivity index (χ2n) is 5.28. The molecule has 1 atom stereocenters. The van der Waals surface area contributed by atoms with E-state index in [2.05, 4.69) is 85.9 Å². The zero-order chi connectivity index (χ0) is 13.9. The van der Waals surface area contributed by atoms with Crippen LogP contribution in [0.2, 0.25) is 0 Å². The van der Waals surface area contributed by atoms with E-state index in [1.54, 1.807) is 0 Å². The maximum atomic E-state index is 3.59. The molecule has 1 unspecified atom stereocenters. The first-order valence-corrected chi connectivity index (χ1v) is 7.05. The molecule has 0 saturated carbocycles. The lowest BCUT2D eigenvalue weighted by Gasteiger charge is -2.18. The summed E-state index contributed by atoms with van der Waals surface area (Å²) in [5.74, 6) is 0. The summed E-state index contributed by atoms with van der Waals surface area (Å²) in [6.07, 6.45) is 0. The zero-order valence-electron chi connectivity index (χ0n) is 11.9. The maximum absolute atomic E-state index is 3.59. The molecule has 0 spiro atoms. The number of fused-ring (bicyclic) bond motifs is 1. The van der Waals surface area contributed by atoms with Crippen LogP contribution in [-0.4, -0.2) is 0 Å². The molecule has 0 aliphatic carbocycles. The minimum Gasteiger partial charge on any atom is -0.378 e. The van der Waals surface area contributed by atoms with Gasteiger partial charge in [-0.25, -0.2) is 0 Å². The van der Waals surface area contributed by atoms with Crippen molar-refractivity contribution in [1.29, 1.82) is 0 Å². The summed E-state index contributed by atoms with van der Waals surface area (Å²) in [5, 5.41) is 6.14. The number of aryl methyl sites for hydroxylation is 1. The van der Waals surface area contributed by atoms with Crippen LogP contribution in [0.15, 0.2) is 66.7 Å². The number of nitrogens with one attached hydrogen (secondary N) is 1. The van der Waals surface area contributed by atoms with Crippen LogP contribution in [0.3, 0.4) is 0 Å². The Balaban J connectivity index is 1.87. The Morgan fingerprint density at radius 3 is 2.30 bits per heavy atom. The topological polar surface area (TPSA) is 12.0 Å². The van der Waals surface area contributed by atoms with Crippen molar-refractivity contribution in [2.45, 2.75) is 19.9 Å². The molecule has 1 nitrogen and oxygen atoms in total. The zero-order valence-corrected chi connectivity index (χ0v) is 11.9. The highest BCUT2D eigenvalue weighted by Gasteiger charge is 2.07. The fourth-order valence-electron chi connectivity index (χ4n) is 2.68. The van der Waals surface area contributed by atoms with Crippen molar-refractivity contribution in [3.05, 3.63) is 77.9 Å². The predicted octanol–water partition coefficient (Wildman–Crippen LogP) is 5.32.